The second kappa shape index (κ2) is 6.44. The van der Waals surface area contributed by atoms with E-state index in [9.17, 15) is 9.18 Å². The van der Waals surface area contributed by atoms with E-state index in [0.717, 1.165) is 30.4 Å². The highest BCUT2D eigenvalue weighted by Crippen LogP contribution is 2.31. The summed E-state index contributed by atoms with van der Waals surface area (Å²) in [4.78, 5) is 14.5. The molecule has 2 aliphatic rings. The Kier molecular flexibility index (Phi) is 4.60. The second-order valence-electron chi connectivity index (χ2n) is 6.07. The van der Waals surface area contributed by atoms with Gasteiger partial charge in [-0.3, -0.25) is 4.79 Å². The van der Waals surface area contributed by atoms with Crippen LogP contribution in [0.25, 0.3) is 0 Å². The molecule has 1 aliphatic heterocycles. The largest absolute Gasteiger partial charge is 0.337 e. The molecule has 1 saturated carbocycles. The van der Waals surface area contributed by atoms with Crippen LogP contribution in [0.4, 0.5) is 4.39 Å². The average molecular weight is 355 g/mol. The highest BCUT2D eigenvalue weighted by Gasteiger charge is 2.30. The fraction of sp³-hybridized carbons (Fsp3) is 0.562. The summed E-state index contributed by atoms with van der Waals surface area (Å²) >= 11 is 3.32. The molecule has 1 heterocycles. The molecule has 1 saturated heterocycles. The van der Waals surface area contributed by atoms with Crippen molar-refractivity contribution in [2.45, 2.75) is 31.7 Å². The van der Waals surface area contributed by atoms with Crippen molar-refractivity contribution in [1.29, 1.82) is 0 Å². The minimum Gasteiger partial charge on any atom is -0.337 e. The van der Waals surface area contributed by atoms with Crippen molar-refractivity contribution < 1.29 is 9.18 Å². The molecular formula is C16H20BrFN2O. The number of rotatable bonds is 5. The third-order valence-corrected chi connectivity index (χ3v) is 4.72. The molecule has 0 bridgehead atoms. The Morgan fingerprint density at radius 2 is 2.14 bits per heavy atom. The highest BCUT2D eigenvalue weighted by molar-refractivity contribution is 9.10. The van der Waals surface area contributed by atoms with Gasteiger partial charge in [0.05, 0.1) is 5.56 Å². The lowest BCUT2D eigenvalue weighted by Gasteiger charge is -2.26. The number of hydrogen-bond acceptors (Lipinski definition) is 2. The van der Waals surface area contributed by atoms with Gasteiger partial charge in [0.1, 0.15) is 5.82 Å². The van der Waals surface area contributed by atoms with Gasteiger partial charge < -0.3 is 10.2 Å². The first kappa shape index (κ1) is 15.0. The molecule has 0 radical (unpaired) electrons. The van der Waals surface area contributed by atoms with Gasteiger partial charge in [-0.1, -0.05) is 15.9 Å². The Morgan fingerprint density at radius 1 is 1.33 bits per heavy atom. The first-order chi connectivity index (χ1) is 10.1. The number of nitrogens with one attached hydrogen (secondary N) is 1. The summed E-state index contributed by atoms with van der Waals surface area (Å²) in [5, 5.41) is 3.42. The first-order valence-electron chi connectivity index (χ1n) is 7.61. The molecule has 5 heteroatoms. The number of carbonyl (C=O) groups is 1. The lowest BCUT2D eigenvalue weighted by molar-refractivity contribution is 0.0728. The molecule has 21 heavy (non-hydrogen) atoms. The third-order valence-electron chi connectivity index (χ3n) is 4.22. The molecule has 3 rings (SSSR count). The van der Waals surface area contributed by atoms with E-state index in [2.05, 4.69) is 21.2 Å². The smallest absolute Gasteiger partial charge is 0.256 e. The van der Waals surface area contributed by atoms with Crippen LogP contribution in [0.5, 0.6) is 0 Å². The van der Waals surface area contributed by atoms with E-state index in [4.69, 9.17) is 0 Å². The van der Waals surface area contributed by atoms with E-state index in [1.807, 2.05) is 4.90 Å². The lowest BCUT2D eigenvalue weighted by atomic mass is 10.1. The lowest BCUT2D eigenvalue weighted by Crippen LogP contribution is -2.42. The molecule has 0 spiro atoms. The van der Waals surface area contributed by atoms with Crippen LogP contribution in [0.1, 0.15) is 36.0 Å². The van der Waals surface area contributed by atoms with E-state index in [-0.39, 0.29) is 11.5 Å². The van der Waals surface area contributed by atoms with Crippen LogP contribution in [0.15, 0.2) is 22.7 Å². The van der Waals surface area contributed by atoms with Crippen LogP contribution in [-0.2, 0) is 0 Å². The van der Waals surface area contributed by atoms with Crippen molar-refractivity contribution in [2.75, 3.05) is 19.6 Å². The van der Waals surface area contributed by atoms with Crippen molar-refractivity contribution in [3.63, 3.8) is 0 Å². The van der Waals surface area contributed by atoms with Gasteiger partial charge in [-0.2, -0.15) is 0 Å². The normalized spacial score (nSPS) is 21.5. The van der Waals surface area contributed by atoms with Crippen molar-refractivity contribution in [3.8, 4) is 0 Å². The van der Waals surface area contributed by atoms with E-state index in [1.54, 1.807) is 12.1 Å². The number of hydrogen-bond donors (Lipinski definition) is 1. The van der Waals surface area contributed by atoms with Gasteiger partial charge in [0, 0.05) is 23.6 Å². The Labute approximate surface area is 133 Å². The van der Waals surface area contributed by atoms with Gasteiger partial charge in [0.2, 0.25) is 0 Å². The first-order valence-corrected chi connectivity index (χ1v) is 8.40. The Bertz CT molecular complexity index is 527. The van der Waals surface area contributed by atoms with Gasteiger partial charge in [-0.15, -0.1) is 0 Å². The number of carbonyl (C=O) groups excluding carboxylic acids is 1. The predicted molar refractivity (Wildman–Crippen MR) is 83.8 cm³/mol. The number of nitrogens with zero attached hydrogens (tertiary/aromatic N) is 1. The van der Waals surface area contributed by atoms with E-state index in [1.165, 1.54) is 18.9 Å². The molecule has 1 aromatic rings. The molecule has 1 aromatic carbocycles. The van der Waals surface area contributed by atoms with Crippen molar-refractivity contribution in [3.05, 3.63) is 34.1 Å². The van der Waals surface area contributed by atoms with Crippen LogP contribution in [0.2, 0.25) is 0 Å². The second-order valence-corrected chi connectivity index (χ2v) is 6.99. The summed E-state index contributed by atoms with van der Waals surface area (Å²) in [7, 11) is 0. The van der Waals surface area contributed by atoms with E-state index >= 15 is 0 Å². The average Bonchev–Trinajstić information content (AvgIpc) is 3.13. The quantitative estimate of drug-likeness (QED) is 0.880. The Balaban J connectivity index is 1.76. The standard InChI is InChI=1S/C16H20BrFN2O/c17-12-5-6-15(18)14(8-12)16(21)20(9-11-3-4-11)10-13-2-1-7-19-13/h5-6,8,11,13,19H,1-4,7,9-10H2. The molecule has 1 unspecified atom stereocenters. The van der Waals surface area contributed by atoms with Gasteiger partial charge in [-0.25, -0.2) is 4.39 Å². The summed E-state index contributed by atoms with van der Waals surface area (Å²) in [6.07, 6.45) is 4.61. The summed E-state index contributed by atoms with van der Waals surface area (Å²) < 4.78 is 14.7. The van der Waals surface area contributed by atoms with Gasteiger partial charge >= 0.3 is 0 Å². The molecule has 114 valence electrons. The summed E-state index contributed by atoms with van der Waals surface area (Å²) in [6, 6.07) is 4.90. The maximum Gasteiger partial charge on any atom is 0.256 e. The minimum atomic E-state index is -0.441. The fourth-order valence-electron chi connectivity index (χ4n) is 2.86. The molecule has 1 N–H and O–H groups in total. The predicted octanol–water partition coefficient (Wildman–Crippen LogP) is 3.19. The van der Waals surface area contributed by atoms with Crippen molar-refractivity contribution in [1.82, 2.24) is 10.2 Å². The highest BCUT2D eigenvalue weighted by atomic mass is 79.9. The molecule has 1 amide bonds. The SMILES string of the molecule is O=C(c1cc(Br)ccc1F)N(CC1CC1)CC1CCCN1. The third kappa shape index (κ3) is 3.83. The van der Waals surface area contributed by atoms with E-state index < -0.39 is 5.82 Å². The van der Waals surface area contributed by atoms with Gasteiger partial charge in [0.15, 0.2) is 0 Å². The van der Waals surface area contributed by atoms with Crippen LogP contribution < -0.4 is 5.32 Å². The zero-order valence-corrected chi connectivity index (χ0v) is 13.5. The maximum absolute atomic E-state index is 14.0. The maximum atomic E-state index is 14.0. The summed E-state index contributed by atoms with van der Waals surface area (Å²) in [5.41, 5.74) is 0.169. The van der Waals surface area contributed by atoms with Crippen LogP contribution in [0.3, 0.4) is 0 Å². The molecule has 0 aromatic heterocycles. The molecule has 3 nitrogen and oxygen atoms in total. The molecular weight excluding hydrogens is 335 g/mol. The van der Waals surface area contributed by atoms with E-state index in [0.29, 0.717) is 18.5 Å². The number of amides is 1. The Hall–Kier alpha value is -0.940. The van der Waals surface area contributed by atoms with Crippen molar-refractivity contribution in [2.24, 2.45) is 5.92 Å². The topological polar surface area (TPSA) is 32.3 Å². The van der Waals surface area contributed by atoms with Crippen LogP contribution in [-0.4, -0.2) is 36.5 Å². The Morgan fingerprint density at radius 3 is 2.81 bits per heavy atom. The molecule has 1 aliphatic carbocycles. The van der Waals surface area contributed by atoms with Gasteiger partial charge in [-0.05, 0) is 56.3 Å². The number of halogens is 2. The zero-order valence-electron chi connectivity index (χ0n) is 11.9. The molecule has 2 fully saturated rings. The summed E-state index contributed by atoms with van der Waals surface area (Å²) in [5.74, 6) is -0.0247. The fourth-order valence-corrected chi connectivity index (χ4v) is 3.22. The van der Waals surface area contributed by atoms with Gasteiger partial charge in [0.25, 0.3) is 5.91 Å². The monoisotopic (exact) mass is 354 g/mol. The summed E-state index contributed by atoms with van der Waals surface area (Å²) in [6.45, 7) is 2.45. The zero-order chi connectivity index (χ0) is 14.8. The van der Waals surface area contributed by atoms with Crippen LogP contribution in [0, 0.1) is 11.7 Å². The minimum absolute atomic E-state index is 0.169. The van der Waals surface area contributed by atoms with Crippen LogP contribution >= 0.6 is 15.9 Å². The van der Waals surface area contributed by atoms with Crippen molar-refractivity contribution >= 4 is 21.8 Å². The molecule has 1 atom stereocenters. The number of benzene rings is 1.